The fourth-order valence-corrected chi connectivity index (χ4v) is 8.98. The first-order valence-corrected chi connectivity index (χ1v) is 16.7. The van der Waals surface area contributed by atoms with Gasteiger partial charge in [0.05, 0.1) is 33.3 Å². The molecular weight excluding hydrogens is 585 g/mol. The average molecular weight is 615 g/mol. The molecule has 0 radical (unpaired) electrons. The molecule has 0 aliphatic carbocycles. The van der Waals surface area contributed by atoms with Gasteiger partial charge in [0.15, 0.2) is 0 Å². The minimum absolute atomic E-state index is 0.555. The lowest BCUT2D eigenvalue weighted by Crippen LogP contribution is -2.39. The van der Waals surface area contributed by atoms with E-state index < -0.39 is 5.41 Å². The van der Waals surface area contributed by atoms with Crippen molar-refractivity contribution in [3.8, 4) is 11.5 Å². The third kappa shape index (κ3) is 3.09. The van der Waals surface area contributed by atoms with Gasteiger partial charge < -0.3 is 14.0 Å². The summed E-state index contributed by atoms with van der Waals surface area (Å²) in [6.07, 6.45) is 0. The Morgan fingerprint density at radius 1 is 0.458 bits per heavy atom. The van der Waals surface area contributed by atoms with E-state index in [4.69, 9.17) is 4.74 Å². The third-order valence-corrected chi connectivity index (χ3v) is 10.9. The molecule has 0 saturated heterocycles. The number of hydrogen-bond acceptors (Lipinski definition) is 2. The molecule has 7 aromatic carbocycles. The van der Waals surface area contributed by atoms with Crippen LogP contribution in [0.2, 0.25) is 0 Å². The first-order chi connectivity index (χ1) is 23.6. The molecule has 2 aliphatic heterocycles. The number of ether oxygens (including phenoxy) is 1. The van der Waals surface area contributed by atoms with Crippen LogP contribution < -0.4 is 9.64 Å². The van der Waals surface area contributed by atoms with Crippen molar-refractivity contribution in [1.29, 1.82) is 0 Å². The van der Waals surface area contributed by atoms with Crippen molar-refractivity contribution in [3.63, 3.8) is 0 Å². The number of hydrogen-bond donors (Lipinski definition) is 0. The fraction of sp³-hybridized carbons (Fsp3) is 0.0667. The first kappa shape index (κ1) is 26.1. The number of anilines is 3. The van der Waals surface area contributed by atoms with Gasteiger partial charge in [0.1, 0.15) is 11.5 Å². The van der Waals surface area contributed by atoms with Gasteiger partial charge in [0, 0.05) is 38.4 Å². The Balaban J connectivity index is 1.27. The van der Waals surface area contributed by atoms with Gasteiger partial charge >= 0.3 is 0 Å². The van der Waals surface area contributed by atoms with Crippen LogP contribution in [0, 0.1) is 13.8 Å². The standard InChI is InChI=1S/C45H30N2O/c1-27-18-22-39-36(24-27)45(34-13-4-7-16-42(34)48-43-17-8-5-14-35(43)45)37-25-28(2)19-23-40(37)46(39)29-20-21-31-33-12-9-11-32-30-10-3-6-15-38(30)47(44(32)33)41(31)26-29/h3-26H,1-2H3. The molecule has 0 saturated carbocycles. The molecule has 0 N–H and O–H groups in total. The molecule has 9 aromatic rings. The molecular formula is C45H30N2O. The van der Waals surface area contributed by atoms with E-state index >= 15 is 0 Å². The second-order valence-corrected chi connectivity index (χ2v) is 13.5. The summed E-state index contributed by atoms with van der Waals surface area (Å²) in [7, 11) is 0. The molecule has 0 atom stereocenters. The van der Waals surface area contributed by atoms with Crippen molar-refractivity contribution in [2.45, 2.75) is 19.3 Å². The number of aromatic nitrogens is 1. The molecule has 2 aromatic heterocycles. The zero-order valence-corrected chi connectivity index (χ0v) is 26.7. The van der Waals surface area contributed by atoms with Gasteiger partial charge in [-0.3, -0.25) is 0 Å². The van der Waals surface area contributed by atoms with E-state index in [0.717, 1.165) is 17.2 Å². The Hall–Kier alpha value is -6.06. The summed E-state index contributed by atoms with van der Waals surface area (Å²) in [5.74, 6) is 1.81. The van der Waals surface area contributed by atoms with Crippen LogP contribution in [0.1, 0.15) is 33.4 Å². The van der Waals surface area contributed by atoms with Crippen LogP contribution in [0.4, 0.5) is 17.1 Å². The lowest BCUT2D eigenvalue weighted by Gasteiger charge is -2.48. The molecule has 0 amide bonds. The number of aryl methyl sites for hydroxylation is 2. The Morgan fingerprint density at radius 3 is 1.69 bits per heavy atom. The summed E-state index contributed by atoms with van der Waals surface area (Å²) < 4.78 is 9.10. The molecule has 2 aliphatic rings. The van der Waals surface area contributed by atoms with Crippen molar-refractivity contribution in [1.82, 2.24) is 4.40 Å². The van der Waals surface area contributed by atoms with E-state index in [2.05, 4.69) is 169 Å². The summed E-state index contributed by atoms with van der Waals surface area (Å²) >= 11 is 0. The zero-order chi connectivity index (χ0) is 31.7. The topological polar surface area (TPSA) is 16.9 Å². The van der Waals surface area contributed by atoms with Crippen LogP contribution >= 0.6 is 0 Å². The van der Waals surface area contributed by atoms with Crippen LogP contribution in [0.3, 0.4) is 0 Å². The molecule has 0 fully saturated rings. The minimum atomic E-state index is -0.555. The van der Waals surface area contributed by atoms with Crippen LogP contribution in [0.5, 0.6) is 11.5 Å². The number of nitrogens with zero attached hydrogens (tertiary/aromatic N) is 2. The molecule has 1 spiro atoms. The number of rotatable bonds is 1. The van der Waals surface area contributed by atoms with E-state index in [1.807, 2.05) is 0 Å². The largest absolute Gasteiger partial charge is 0.457 e. The molecule has 3 nitrogen and oxygen atoms in total. The summed E-state index contributed by atoms with van der Waals surface area (Å²) in [6.45, 7) is 4.41. The van der Waals surface area contributed by atoms with Gasteiger partial charge in [-0.1, -0.05) is 114 Å². The van der Waals surface area contributed by atoms with E-state index in [9.17, 15) is 0 Å². The van der Waals surface area contributed by atoms with Crippen LogP contribution in [0.25, 0.3) is 38.1 Å². The number of para-hydroxylation sites is 4. The van der Waals surface area contributed by atoms with Gasteiger partial charge in [-0.15, -0.1) is 0 Å². The summed E-state index contributed by atoms with van der Waals surface area (Å²) in [5.41, 5.74) is 14.1. The maximum absolute atomic E-state index is 6.63. The Kier molecular flexibility index (Phi) is 4.91. The molecule has 48 heavy (non-hydrogen) atoms. The normalized spacial score (nSPS) is 14.3. The second-order valence-electron chi connectivity index (χ2n) is 13.5. The van der Waals surface area contributed by atoms with E-state index in [0.29, 0.717) is 0 Å². The third-order valence-electron chi connectivity index (χ3n) is 10.9. The van der Waals surface area contributed by atoms with E-state index in [1.165, 1.54) is 82.9 Å². The van der Waals surface area contributed by atoms with E-state index in [-0.39, 0.29) is 0 Å². The summed E-state index contributed by atoms with van der Waals surface area (Å²) in [5, 5.41) is 5.17. The predicted octanol–water partition coefficient (Wildman–Crippen LogP) is 11.7. The van der Waals surface area contributed by atoms with Crippen molar-refractivity contribution in [2.75, 3.05) is 4.90 Å². The summed E-state index contributed by atoms with van der Waals surface area (Å²) in [4.78, 5) is 2.49. The highest BCUT2D eigenvalue weighted by Crippen LogP contribution is 2.63. The quantitative estimate of drug-likeness (QED) is 0.183. The zero-order valence-electron chi connectivity index (χ0n) is 26.7. The molecule has 4 heterocycles. The smallest absolute Gasteiger partial charge is 0.132 e. The van der Waals surface area contributed by atoms with Crippen molar-refractivity contribution < 1.29 is 4.74 Å². The van der Waals surface area contributed by atoms with Crippen molar-refractivity contribution >= 4 is 55.2 Å². The minimum Gasteiger partial charge on any atom is -0.457 e. The van der Waals surface area contributed by atoms with Gasteiger partial charge in [0.2, 0.25) is 0 Å². The summed E-state index contributed by atoms with van der Waals surface area (Å²) in [6, 6.07) is 53.7. The predicted molar refractivity (Wildman–Crippen MR) is 197 cm³/mol. The van der Waals surface area contributed by atoms with E-state index in [1.54, 1.807) is 0 Å². The highest BCUT2D eigenvalue weighted by molar-refractivity contribution is 6.23. The lowest BCUT2D eigenvalue weighted by atomic mass is 9.61. The molecule has 0 bridgehead atoms. The maximum atomic E-state index is 6.63. The van der Waals surface area contributed by atoms with Gasteiger partial charge in [-0.25, -0.2) is 0 Å². The Morgan fingerprint density at radius 2 is 1.02 bits per heavy atom. The maximum Gasteiger partial charge on any atom is 0.132 e. The fourth-order valence-electron chi connectivity index (χ4n) is 8.98. The first-order valence-electron chi connectivity index (χ1n) is 16.7. The second kappa shape index (κ2) is 9.05. The molecule has 3 heteroatoms. The van der Waals surface area contributed by atoms with Gasteiger partial charge in [-0.05, 0) is 67.4 Å². The SMILES string of the molecule is Cc1ccc2c(c1)C1(c3ccccc3Oc3ccccc31)c1cc(C)ccc1N2c1ccc2c3cccc4c5ccccc5n(c2c1)c43. The number of fused-ring (bicyclic) bond motifs is 14. The molecule has 0 unspecified atom stereocenters. The molecule has 226 valence electrons. The van der Waals surface area contributed by atoms with Crippen LogP contribution in [-0.4, -0.2) is 4.40 Å². The van der Waals surface area contributed by atoms with Crippen molar-refractivity contribution in [3.05, 3.63) is 179 Å². The van der Waals surface area contributed by atoms with Gasteiger partial charge in [-0.2, -0.15) is 0 Å². The monoisotopic (exact) mass is 614 g/mol. The van der Waals surface area contributed by atoms with Crippen LogP contribution in [-0.2, 0) is 5.41 Å². The Labute approximate surface area is 278 Å². The Bertz CT molecular complexity index is 2700. The average Bonchev–Trinajstić information content (AvgIpc) is 3.64. The molecule has 11 rings (SSSR count). The van der Waals surface area contributed by atoms with Gasteiger partial charge in [0.25, 0.3) is 0 Å². The lowest BCUT2D eigenvalue weighted by molar-refractivity contribution is 0.434. The highest BCUT2D eigenvalue weighted by atomic mass is 16.5. The van der Waals surface area contributed by atoms with Crippen molar-refractivity contribution in [2.24, 2.45) is 0 Å². The number of benzene rings is 7. The highest BCUT2D eigenvalue weighted by Gasteiger charge is 2.51. The van der Waals surface area contributed by atoms with Crippen LogP contribution in [0.15, 0.2) is 146 Å².